The molecular formula is C16H16N2O2. The first-order chi connectivity index (χ1) is 9.71. The van der Waals surface area contributed by atoms with Crippen LogP contribution in [-0.4, -0.2) is 16.1 Å². The lowest BCUT2D eigenvalue weighted by molar-refractivity contribution is -0.140. The smallest absolute Gasteiger partial charge is 0.314 e. The molecule has 0 atom stereocenters. The number of aromatic nitrogens is 1. The minimum Gasteiger partial charge on any atom is -0.481 e. The fourth-order valence-corrected chi connectivity index (χ4v) is 2.38. The van der Waals surface area contributed by atoms with Crippen LogP contribution in [0.3, 0.4) is 0 Å². The summed E-state index contributed by atoms with van der Waals surface area (Å²) in [5, 5.41) is 12.6. The molecule has 1 aliphatic rings. The van der Waals surface area contributed by atoms with Crippen molar-refractivity contribution >= 4 is 11.7 Å². The van der Waals surface area contributed by atoms with Gasteiger partial charge in [0.05, 0.1) is 5.41 Å². The van der Waals surface area contributed by atoms with Crippen LogP contribution in [0.1, 0.15) is 24.0 Å². The summed E-state index contributed by atoms with van der Waals surface area (Å²) in [6.45, 7) is 0.700. The Kier molecular flexibility index (Phi) is 3.14. The van der Waals surface area contributed by atoms with E-state index in [1.54, 1.807) is 12.4 Å². The Balaban J connectivity index is 1.74. The topological polar surface area (TPSA) is 62.2 Å². The van der Waals surface area contributed by atoms with Gasteiger partial charge in [0.2, 0.25) is 0 Å². The van der Waals surface area contributed by atoms with Gasteiger partial charge in [-0.2, -0.15) is 0 Å². The molecular weight excluding hydrogens is 252 g/mol. The number of rotatable bonds is 5. The zero-order valence-corrected chi connectivity index (χ0v) is 11.0. The second kappa shape index (κ2) is 4.96. The third-order valence-electron chi connectivity index (χ3n) is 3.82. The Bertz CT molecular complexity index is 621. The average molecular weight is 268 g/mol. The van der Waals surface area contributed by atoms with Gasteiger partial charge in [0.15, 0.2) is 0 Å². The minimum atomic E-state index is -0.719. The van der Waals surface area contributed by atoms with Gasteiger partial charge >= 0.3 is 5.97 Å². The molecule has 0 aliphatic heterocycles. The summed E-state index contributed by atoms with van der Waals surface area (Å²) in [7, 11) is 0. The van der Waals surface area contributed by atoms with Crippen LogP contribution in [0.4, 0.5) is 5.69 Å². The van der Waals surface area contributed by atoms with E-state index in [0.29, 0.717) is 6.54 Å². The number of benzene rings is 1. The molecule has 0 amide bonds. The van der Waals surface area contributed by atoms with E-state index in [2.05, 4.69) is 10.3 Å². The van der Waals surface area contributed by atoms with Crippen LogP contribution in [0.5, 0.6) is 0 Å². The molecule has 2 aromatic rings. The highest BCUT2D eigenvalue weighted by Crippen LogP contribution is 2.48. The molecule has 102 valence electrons. The lowest BCUT2D eigenvalue weighted by Gasteiger charge is -2.13. The molecule has 1 aromatic heterocycles. The molecule has 1 heterocycles. The number of carboxylic acid groups (broad SMARTS) is 1. The van der Waals surface area contributed by atoms with Crippen LogP contribution in [0.15, 0.2) is 48.8 Å². The maximum absolute atomic E-state index is 11.3. The maximum Gasteiger partial charge on any atom is 0.314 e. The van der Waals surface area contributed by atoms with Gasteiger partial charge in [-0.1, -0.05) is 12.1 Å². The summed E-state index contributed by atoms with van der Waals surface area (Å²) in [4.78, 5) is 15.3. The van der Waals surface area contributed by atoms with Crippen LogP contribution >= 0.6 is 0 Å². The van der Waals surface area contributed by atoms with Crippen LogP contribution in [-0.2, 0) is 16.8 Å². The quantitative estimate of drug-likeness (QED) is 0.875. The van der Waals surface area contributed by atoms with Crippen molar-refractivity contribution in [3.63, 3.8) is 0 Å². The van der Waals surface area contributed by atoms with E-state index in [1.165, 1.54) is 0 Å². The van der Waals surface area contributed by atoms with E-state index in [4.69, 9.17) is 0 Å². The Morgan fingerprint density at radius 1 is 1.25 bits per heavy atom. The maximum atomic E-state index is 11.3. The van der Waals surface area contributed by atoms with Crippen molar-refractivity contribution < 1.29 is 9.90 Å². The molecule has 1 aromatic carbocycles. The molecule has 0 unspecified atom stereocenters. The molecule has 3 rings (SSSR count). The number of carboxylic acids is 1. The first-order valence-corrected chi connectivity index (χ1v) is 6.67. The Morgan fingerprint density at radius 2 is 2.00 bits per heavy atom. The number of carbonyl (C=O) groups is 1. The SMILES string of the molecule is O=C(O)C1(c2cccc(NCc3ccncc3)c2)CC1. The van der Waals surface area contributed by atoms with E-state index >= 15 is 0 Å². The Hall–Kier alpha value is -2.36. The Labute approximate surface area is 117 Å². The van der Waals surface area contributed by atoms with Gasteiger partial charge in [0, 0.05) is 24.6 Å². The first-order valence-electron chi connectivity index (χ1n) is 6.67. The fourth-order valence-electron chi connectivity index (χ4n) is 2.38. The Morgan fingerprint density at radius 3 is 2.65 bits per heavy atom. The van der Waals surface area contributed by atoms with E-state index in [9.17, 15) is 9.90 Å². The van der Waals surface area contributed by atoms with Crippen LogP contribution in [0, 0.1) is 0 Å². The zero-order valence-electron chi connectivity index (χ0n) is 11.0. The van der Waals surface area contributed by atoms with E-state index in [-0.39, 0.29) is 0 Å². The number of aliphatic carboxylic acids is 1. The van der Waals surface area contributed by atoms with Gasteiger partial charge in [0.25, 0.3) is 0 Å². The fraction of sp³-hybridized carbons (Fsp3) is 0.250. The monoisotopic (exact) mass is 268 g/mol. The molecule has 2 N–H and O–H groups in total. The summed E-state index contributed by atoms with van der Waals surface area (Å²) in [6.07, 6.45) is 4.99. The lowest BCUT2D eigenvalue weighted by Crippen LogP contribution is -2.19. The number of pyridine rings is 1. The summed E-state index contributed by atoms with van der Waals surface area (Å²) in [5.41, 5.74) is 2.34. The molecule has 0 bridgehead atoms. The van der Waals surface area contributed by atoms with Gasteiger partial charge in [-0.3, -0.25) is 9.78 Å². The highest BCUT2D eigenvalue weighted by Gasteiger charge is 2.51. The largest absolute Gasteiger partial charge is 0.481 e. The van der Waals surface area contributed by atoms with Crippen molar-refractivity contribution in [3.8, 4) is 0 Å². The van der Waals surface area contributed by atoms with Crippen molar-refractivity contribution in [1.82, 2.24) is 4.98 Å². The van der Waals surface area contributed by atoms with Gasteiger partial charge in [-0.05, 0) is 48.2 Å². The van der Waals surface area contributed by atoms with E-state index in [0.717, 1.165) is 29.7 Å². The lowest BCUT2D eigenvalue weighted by atomic mass is 9.96. The van der Waals surface area contributed by atoms with Crippen molar-refractivity contribution in [2.75, 3.05) is 5.32 Å². The van der Waals surface area contributed by atoms with Crippen molar-refractivity contribution in [2.24, 2.45) is 0 Å². The second-order valence-corrected chi connectivity index (χ2v) is 5.18. The van der Waals surface area contributed by atoms with Gasteiger partial charge in [-0.15, -0.1) is 0 Å². The van der Waals surface area contributed by atoms with Crippen molar-refractivity contribution in [1.29, 1.82) is 0 Å². The van der Waals surface area contributed by atoms with Crippen LogP contribution < -0.4 is 5.32 Å². The number of nitrogens with zero attached hydrogens (tertiary/aromatic N) is 1. The normalized spacial score (nSPS) is 15.6. The average Bonchev–Trinajstić information content (AvgIpc) is 3.28. The molecule has 0 radical (unpaired) electrons. The van der Waals surface area contributed by atoms with Crippen LogP contribution in [0.25, 0.3) is 0 Å². The van der Waals surface area contributed by atoms with Crippen molar-refractivity contribution in [3.05, 3.63) is 59.9 Å². The highest BCUT2D eigenvalue weighted by molar-refractivity contribution is 5.85. The number of hydrogen-bond acceptors (Lipinski definition) is 3. The molecule has 4 heteroatoms. The third-order valence-corrected chi connectivity index (χ3v) is 3.82. The first kappa shape index (κ1) is 12.7. The minimum absolute atomic E-state index is 0.644. The highest BCUT2D eigenvalue weighted by atomic mass is 16.4. The van der Waals surface area contributed by atoms with E-state index in [1.807, 2.05) is 36.4 Å². The number of hydrogen-bond donors (Lipinski definition) is 2. The summed E-state index contributed by atoms with van der Waals surface area (Å²) >= 11 is 0. The molecule has 1 fully saturated rings. The standard InChI is InChI=1S/C16H16N2O2/c19-15(20)16(6-7-16)13-2-1-3-14(10-13)18-11-12-4-8-17-9-5-12/h1-5,8-10,18H,6-7,11H2,(H,19,20). The second-order valence-electron chi connectivity index (χ2n) is 5.18. The number of anilines is 1. The van der Waals surface area contributed by atoms with Crippen molar-refractivity contribution in [2.45, 2.75) is 24.8 Å². The molecule has 20 heavy (non-hydrogen) atoms. The summed E-state index contributed by atoms with van der Waals surface area (Å²) in [5.74, 6) is -0.719. The molecule has 0 saturated heterocycles. The zero-order chi connectivity index (χ0) is 14.0. The van der Waals surface area contributed by atoms with Gasteiger partial charge < -0.3 is 10.4 Å². The van der Waals surface area contributed by atoms with E-state index < -0.39 is 11.4 Å². The predicted molar refractivity (Wildman–Crippen MR) is 76.6 cm³/mol. The predicted octanol–water partition coefficient (Wildman–Crippen LogP) is 2.81. The molecule has 4 nitrogen and oxygen atoms in total. The third kappa shape index (κ3) is 2.37. The van der Waals surface area contributed by atoms with Gasteiger partial charge in [0.1, 0.15) is 0 Å². The molecule has 0 spiro atoms. The van der Waals surface area contributed by atoms with Crippen LogP contribution in [0.2, 0.25) is 0 Å². The molecule has 1 aliphatic carbocycles. The summed E-state index contributed by atoms with van der Waals surface area (Å²) < 4.78 is 0. The number of nitrogens with one attached hydrogen (secondary N) is 1. The van der Waals surface area contributed by atoms with Gasteiger partial charge in [-0.25, -0.2) is 0 Å². The summed E-state index contributed by atoms with van der Waals surface area (Å²) in [6, 6.07) is 11.6. The molecule has 1 saturated carbocycles.